The quantitative estimate of drug-likeness (QED) is 0.594. The maximum atomic E-state index is 12.9. The van der Waals surface area contributed by atoms with E-state index in [-0.39, 0.29) is 5.91 Å². The minimum atomic E-state index is -0.0655. The van der Waals surface area contributed by atoms with Gasteiger partial charge in [-0.25, -0.2) is 4.98 Å². The lowest BCUT2D eigenvalue weighted by Gasteiger charge is -2.18. The molecule has 3 aromatic rings. The molecular formula is C19H18BrN3O2S. The largest absolute Gasteiger partial charge is 0.496 e. The highest BCUT2D eigenvalue weighted by Gasteiger charge is 2.21. The molecule has 0 unspecified atom stereocenters. The summed E-state index contributed by atoms with van der Waals surface area (Å²) in [5, 5.41) is 0.750. The first-order valence-electron chi connectivity index (χ1n) is 7.96. The third-order valence-electron chi connectivity index (χ3n) is 3.87. The van der Waals surface area contributed by atoms with E-state index in [2.05, 4.69) is 25.9 Å². The molecular weight excluding hydrogens is 414 g/mol. The minimum absolute atomic E-state index is 0.0655. The Bertz CT molecular complexity index is 928. The number of carbonyl (C=O) groups excluding carboxylic acids is 1. The summed E-state index contributed by atoms with van der Waals surface area (Å²) < 4.78 is 6.34. The van der Waals surface area contributed by atoms with Crippen LogP contribution < -0.4 is 4.74 Å². The lowest BCUT2D eigenvalue weighted by molar-refractivity contribution is 0.0788. The first kappa shape index (κ1) is 18.5. The number of hydrogen-bond donors (Lipinski definition) is 0. The predicted octanol–water partition coefficient (Wildman–Crippen LogP) is 4.56. The third-order valence-corrected chi connectivity index (χ3v) is 5.53. The summed E-state index contributed by atoms with van der Waals surface area (Å²) in [5.74, 6) is 0.687. The molecule has 2 heterocycles. The Morgan fingerprint density at radius 2 is 2.12 bits per heavy atom. The Kier molecular flexibility index (Phi) is 5.68. The summed E-state index contributed by atoms with van der Waals surface area (Å²) >= 11 is 4.83. The number of methoxy groups -OCH3 is 1. The van der Waals surface area contributed by atoms with Crippen molar-refractivity contribution in [2.45, 2.75) is 13.5 Å². The fraction of sp³-hybridized carbons (Fsp3) is 0.211. The van der Waals surface area contributed by atoms with Gasteiger partial charge in [0.25, 0.3) is 5.91 Å². The normalized spacial score (nSPS) is 10.6. The van der Waals surface area contributed by atoms with Crippen LogP contribution in [0.4, 0.5) is 0 Å². The first-order valence-corrected chi connectivity index (χ1v) is 9.57. The monoisotopic (exact) mass is 431 g/mol. The van der Waals surface area contributed by atoms with E-state index in [1.54, 1.807) is 25.3 Å². The molecule has 5 nitrogen and oxygen atoms in total. The molecule has 1 amide bonds. The average molecular weight is 432 g/mol. The van der Waals surface area contributed by atoms with Crippen molar-refractivity contribution >= 4 is 33.2 Å². The molecule has 2 aromatic heterocycles. The molecule has 0 saturated heterocycles. The van der Waals surface area contributed by atoms with Gasteiger partial charge in [-0.05, 0) is 37.3 Å². The fourth-order valence-electron chi connectivity index (χ4n) is 2.57. The number of nitrogens with zero attached hydrogens (tertiary/aromatic N) is 3. The molecule has 0 N–H and O–H groups in total. The van der Waals surface area contributed by atoms with Gasteiger partial charge >= 0.3 is 0 Å². The summed E-state index contributed by atoms with van der Waals surface area (Å²) in [7, 11) is 3.41. The zero-order chi connectivity index (χ0) is 18.7. The molecule has 0 aliphatic rings. The molecule has 0 fully saturated rings. The van der Waals surface area contributed by atoms with Gasteiger partial charge < -0.3 is 9.64 Å². The van der Waals surface area contributed by atoms with Crippen molar-refractivity contribution in [3.05, 3.63) is 63.2 Å². The highest BCUT2D eigenvalue weighted by Crippen LogP contribution is 2.29. The number of aromatic nitrogens is 2. The zero-order valence-electron chi connectivity index (χ0n) is 14.7. The molecule has 0 saturated carbocycles. The molecule has 0 atom stereocenters. The Labute approximate surface area is 164 Å². The number of pyridine rings is 1. The second-order valence-electron chi connectivity index (χ2n) is 5.77. The molecule has 7 heteroatoms. The van der Waals surface area contributed by atoms with Crippen molar-refractivity contribution in [2.24, 2.45) is 0 Å². The van der Waals surface area contributed by atoms with Crippen LogP contribution in [-0.2, 0) is 6.54 Å². The van der Waals surface area contributed by atoms with Gasteiger partial charge in [0.2, 0.25) is 0 Å². The van der Waals surface area contributed by atoms with Crippen LogP contribution >= 0.6 is 27.3 Å². The van der Waals surface area contributed by atoms with Crippen LogP contribution in [0, 0.1) is 6.92 Å². The lowest BCUT2D eigenvalue weighted by atomic mass is 10.2. The van der Waals surface area contributed by atoms with Crippen LogP contribution in [0.1, 0.15) is 20.9 Å². The number of rotatable bonds is 5. The number of ether oxygens (including phenoxy) is 1. The fourth-order valence-corrected chi connectivity index (χ4v) is 4.01. The lowest BCUT2D eigenvalue weighted by Crippen LogP contribution is -2.26. The molecule has 1 aromatic carbocycles. The van der Waals surface area contributed by atoms with Gasteiger partial charge in [-0.2, -0.15) is 0 Å². The smallest absolute Gasteiger partial charge is 0.265 e. The second-order valence-corrected chi connectivity index (χ2v) is 7.68. The maximum Gasteiger partial charge on any atom is 0.265 e. The zero-order valence-corrected chi connectivity index (χ0v) is 17.1. The molecule has 134 valence electrons. The van der Waals surface area contributed by atoms with E-state index < -0.39 is 0 Å². The summed E-state index contributed by atoms with van der Waals surface area (Å²) in [5.41, 5.74) is 2.43. The van der Waals surface area contributed by atoms with E-state index >= 15 is 0 Å². The van der Waals surface area contributed by atoms with E-state index in [4.69, 9.17) is 4.74 Å². The van der Waals surface area contributed by atoms with Crippen LogP contribution in [0.2, 0.25) is 0 Å². The van der Waals surface area contributed by atoms with E-state index in [0.29, 0.717) is 17.1 Å². The average Bonchev–Trinajstić information content (AvgIpc) is 3.03. The van der Waals surface area contributed by atoms with Gasteiger partial charge in [-0.1, -0.05) is 22.0 Å². The van der Waals surface area contributed by atoms with Gasteiger partial charge in [0, 0.05) is 29.8 Å². The van der Waals surface area contributed by atoms with Gasteiger partial charge in [0.15, 0.2) is 0 Å². The standard InChI is InChI=1S/C19H18BrN3O2S/c1-12-17(26-18(22-12)15-6-4-5-9-21-15)19(24)23(2)11-13-10-14(20)7-8-16(13)25-3/h4-10H,11H2,1-3H3. The summed E-state index contributed by atoms with van der Waals surface area (Å²) in [4.78, 5) is 24.0. The molecule has 3 rings (SSSR count). The first-order chi connectivity index (χ1) is 12.5. The number of aryl methyl sites for hydroxylation is 1. The number of thiazole rings is 1. The van der Waals surface area contributed by atoms with Crippen molar-refractivity contribution in [1.29, 1.82) is 0 Å². The van der Waals surface area contributed by atoms with Crippen molar-refractivity contribution < 1.29 is 9.53 Å². The van der Waals surface area contributed by atoms with E-state index in [9.17, 15) is 4.79 Å². The highest BCUT2D eigenvalue weighted by atomic mass is 79.9. The second kappa shape index (κ2) is 7.97. The minimum Gasteiger partial charge on any atom is -0.496 e. The molecule has 0 aliphatic heterocycles. The number of benzene rings is 1. The van der Waals surface area contributed by atoms with Crippen LogP contribution in [0.25, 0.3) is 10.7 Å². The molecule has 0 aliphatic carbocycles. The topological polar surface area (TPSA) is 55.3 Å². The summed E-state index contributed by atoms with van der Waals surface area (Å²) in [6, 6.07) is 11.4. The Balaban J connectivity index is 1.83. The van der Waals surface area contributed by atoms with Crippen LogP contribution in [0.15, 0.2) is 47.1 Å². The van der Waals surface area contributed by atoms with Gasteiger partial charge in [-0.15, -0.1) is 11.3 Å². The number of hydrogen-bond acceptors (Lipinski definition) is 5. The van der Waals surface area contributed by atoms with Gasteiger partial charge in [0.1, 0.15) is 15.6 Å². The summed E-state index contributed by atoms with van der Waals surface area (Å²) in [6.45, 7) is 2.29. The van der Waals surface area contributed by atoms with Crippen molar-refractivity contribution in [3.63, 3.8) is 0 Å². The molecule has 26 heavy (non-hydrogen) atoms. The van der Waals surface area contributed by atoms with Crippen LogP contribution in [0.3, 0.4) is 0 Å². The molecule has 0 bridgehead atoms. The predicted molar refractivity (Wildman–Crippen MR) is 107 cm³/mol. The van der Waals surface area contributed by atoms with Crippen molar-refractivity contribution in [3.8, 4) is 16.5 Å². The molecule has 0 spiro atoms. The van der Waals surface area contributed by atoms with Crippen molar-refractivity contribution in [1.82, 2.24) is 14.9 Å². The van der Waals surface area contributed by atoms with Crippen molar-refractivity contribution in [2.75, 3.05) is 14.2 Å². The number of amides is 1. The third kappa shape index (κ3) is 3.94. The summed E-state index contributed by atoms with van der Waals surface area (Å²) in [6.07, 6.45) is 1.72. The van der Waals surface area contributed by atoms with E-state index in [1.807, 2.05) is 43.3 Å². The number of carbonyl (C=O) groups is 1. The maximum absolute atomic E-state index is 12.9. The molecule has 0 radical (unpaired) electrons. The van der Waals surface area contributed by atoms with Gasteiger partial charge in [0.05, 0.1) is 18.5 Å². The Hall–Kier alpha value is -2.25. The van der Waals surface area contributed by atoms with E-state index in [1.165, 1.54) is 11.3 Å². The SMILES string of the molecule is COc1ccc(Br)cc1CN(C)C(=O)c1sc(-c2ccccn2)nc1C. The van der Waals surface area contributed by atoms with Gasteiger partial charge in [-0.3, -0.25) is 9.78 Å². The van der Waals surface area contributed by atoms with Crippen LogP contribution in [-0.4, -0.2) is 34.9 Å². The Morgan fingerprint density at radius 3 is 2.81 bits per heavy atom. The number of halogens is 1. The Morgan fingerprint density at radius 1 is 1.31 bits per heavy atom. The van der Waals surface area contributed by atoms with E-state index in [0.717, 1.165) is 26.5 Å². The highest BCUT2D eigenvalue weighted by molar-refractivity contribution is 9.10. The van der Waals surface area contributed by atoms with Crippen LogP contribution in [0.5, 0.6) is 5.75 Å².